The highest BCUT2D eigenvalue weighted by Crippen LogP contribution is 2.38. The third kappa shape index (κ3) is 4.56. The first-order chi connectivity index (χ1) is 13.7. The lowest BCUT2D eigenvalue weighted by Crippen LogP contribution is -2.50. The lowest BCUT2D eigenvalue weighted by molar-refractivity contribution is -0.137. The fourth-order valence-corrected chi connectivity index (χ4v) is 3.22. The number of fused-ring (bicyclic) bond motifs is 1. The van der Waals surface area contributed by atoms with Gasteiger partial charge < -0.3 is 20.3 Å². The van der Waals surface area contributed by atoms with Crippen LogP contribution in [0.15, 0.2) is 42.5 Å². The number of anilines is 2. The van der Waals surface area contributed by atoms with E-state index in [0.717, 1.165) is 12.1 Å². The molecule has 2 aromatic carbocycles. The average Bonchev–Trinajstić information content (AvgIpc) is 2.67. The number of hydrogen-bond donors (Lipinski definition) is 2. The van der Waals surface area contributed by atoms with Crippen LogP contribution < -0.4 is 20.3 Å². The minimum atomic E-state index is -4.68. The number of ether oxygens (including phenoxy) is 1. The molecule has 10 heteroatoms. The topological polar surface area (TPSA) is 70.7 Å². The summed E-state index contributed by atoms with van der Waals surface area (Å²) in [6.45, 7) is -0.241. The molecule has 6 nitrogen and oxygen atoms in total. The molecule has 29 heavy (non-hydrogen) atoms. The molecule has 1 unspecified atom stereocenters. The number of hydrogen-bond acceptors (Lipinski definition) is 4. The molecule has 1 atom stereocenters. The molecular weight excluding hydrogens is 411 g/mol. The number of benzene rings is 2. The summed E-state index contributed by atoms with van der Waals surface area (Å²) in [5.74, 6) is -0.694. The van der Waals surface area contributed by atoms with Crippen LogP contribution in [0.4, 0.5) is 24.5 Å². The second-order valence-corrected chi connectivity index (χ2v) is 6.68. The van der Waals surface area contributed by atoms with E-state index < -0.39 is 29.4 Å². The van der Waals surface area contributed by atoms with Crippen LogP contribution in [-0.4, -0.2) is 38.1 Å². The molecule has 154 valence electrons. The van der Waals surface area contributed by atoms with Crippen LogP contribution in [0.5, 0.6) is 5.75 Å². The standard InChI is InChI=1S/C19H17ClF3N3O3/c1-24-18(28)15-9-26(13-7-2-3-8-14(13)29-15)10-16(27)25-17-11(19(21,22)23)5-4-6-12(17)20/h2-8,15H,9-10H2,1H3,(H,24,28)(H,25,27). The molecule has 0 aromatic heterocycles. The third-order valence-corrected chi connectivity index (χ3v) is 4.63. The van der Waals surface area contributed by atoms with Crippen LogP contribution in [-0.2, 0) is 15.8 Å². The number of para-hydroxylation sites is 3. The van der Waals surface area contributed by atoms with Gasteiger partial charge in [0.15, 0.2) is 6.10 Å². The van der Waals surface area contributed by atoms with E-state index in [1.807, 2.05) is 0 Å². The van der Waals surface area contributed by atoms with Gasteiger partial charge in [-0.25, -0.2) is 0 Å². The van der Waals surface area contributed by atoms with Crippen LogP contribution >= 0.6 is 11.6 Å². The molecule has 3 rings (SSSR count). The van der Waals surface area contributed by atoms with Crippen molar-refractivity contribution in [2.45, 2.75) is 12.3 Å². The number of carbonyl (C=O) groups is 2. The Hall–Kier alpha value is -2.94. The monoisotopic (exact) mass is 427 g/mol. The number of nitrogens with zero attached hydrogens (tertiary/aromatic N) is 1. The second-order valence-electron chi connectivity index (χ2n) is 6.28. The first kappa shape index (κ1) is 20.8. The van der Waals surface area contributed by atoms with Gasteiger partial charge in [-0.2, -0.15) is 13.2 Å². The lowest BCUT2D eigenvalue weighted by Gasteiger charge is -2.35. The van der Waals surface area contributed by atoms with Gasteiger partial charge >= 0.3 is 6.18 Å². The summed E-state index contributed by atoms with van der Waals surface area (Å²) in [4.78, 5) is 26.1. The van der Waals surface area contributed by atoms with E-state index in [1.54, 1.807) is 29.2 Å². The number of carbonyl (C=O) groups excluding carboxylic acids is 2. The molecule has 0 radical (unpaired) electrons. The average molecular weight is 428 g/mol. The van der Waals surface area contributed by atoms with Gasteiger partial charge in [0.2, 0.25) is 5.91 Å². The van der Waals surface area contributed by atoms with Gasteiger partial charge in [-0.1, -0.05) is 29.8 Å². The van der Waals surface area contributed by atoms with Crippen LogP contribution in [0.1, 0.15) is 5.56 Å². The first-order valence-corrected chi connectivity index (χ1v) is 8.96. The summed E-state index contributed by atoms with van der Waals surface area (Å²) in [5.41, 5.74) is -0.988. The third-order valence-electron chi connectivity index (χ3n) is 4.32. The predicted octanol–water partition coefficient (Wildman–Crippen LogP) is 3.31. The molecule has 1 aliphatic rings. The van der Waals surface area contributed by atoms with E-state index in [-0.39, 0.29) is 24.0 Å². The van der Waals surface area contributed by atoms with Crippen molar-refractivity contribution in [2.75, 3.05) is 30.4 Å². The molecule has 1 aliphatic heterocycles. The quantitative estimate of drug-likeness (QED) is 0.785. The number of amides is 2. The van der Waals surface area contributed by atoms with Gasteiger partial charge in [0.05, 0.1) is 35.1 Å². The largest absolute Gasteiger partial charge is 0.477 e. The molecule has 0 aliphatic carbocycles. The van der Waals surface area contributed by atoms with Crippen molar-refractivity contribution < 1.29 is 27.5 Å². The number of halogens is 4. The maximum atomic E-state index is 13.2. The molecule has 0 saturated carbocycles. The Balaban J connectivity index is 1.83. The Morgan fingerprint density at radius 1 is 1.21 bits per heavy atom. The molecule has 0 bridgehead atoms. The van der Waals surface area contributed by atoms with Crippen LogP contribution in [0, 0.1) is 0 Å². The van der Waals surface area contributed by atoms with E-state index in [2.05, 4.69) is 10.6 Å². The summed E-state index contributed by atoms with van der Waals surface area (Å²) in [5, 5.41) is 4.50. The molecular formula is C19H17ClF3N3O3. The minimum absolute atomic E-state index is 0.0543. The zero-order chi connectivity index (χ0) is 21.2. The highest BCUT2D eigenvalue weighted by molar-refractivity contribution is 6.34. The molecule has 0 fully saturated rings. The number of alkyl halides is 3. The Morgan fingerprint density at radius 2 is 1.93 bits per heavy atom. The number of likely N-dealkylation sites (N-methyl/N-ethyl adjacent to an activating group) is 1. The van der Waals surface area contributed by atoms with E-state index in [1.165, 1.54) is 13.1 Å². The SMILES string of the molecule is CNC(=O)C1CN(CC(=O)Nc2c(Cl)cccc2C(F)(F)F)c2ccccc2O1. The van der Waals surface area contributed by atoms with Gasteiger partial charge in [0, 0.05) is 7.05 Å². The fourth-order valence-electron chi connectivity index (χ4n) is 2.99. The summed E-state index contributed by atoms with van der Waals surface area (Å²) >= 11 is 5.89. The molecule has 1 heterocycles. The van der Waals surface area contributed by atoms with Gasteiger partial charge in [0.25, 0.3) is 5.91 Å². The Labute approximate surface area is 169 Å². The summed E-state index contributed by atoms with van der Waals surface area (Å²) in [6.07, 6.45) is -5.54. The van der Waals surface area contributed by atoms with Crippen LogP contribution in [0.3, 0.4) is 0 Å². The van der Waals surface area contributed by atoms with Crippen LogP contribution in [0.2, 0.25) is 5.02 Å². The van der Waals surface area contributed by atoms with Crippen molar-refractivity contribution in [3.8, 4) is 5.75 Å². The lowest BCUT2D eigenvalue weighted by atomic mass is 10.1. The highest BCUT2D eigenvalue weighted by atomic mass is 35.5. The summed E-state index contributed by atoms with van der Waals surface area (Å²) < 4.78 is 45.3. The number of rotatable bonds is 4. The van der Waals surface area contributed by atoms with Gasteiger partial charge in [-0.05, 0) is 24.3 Å². The van der Waals surface area contributed by atoms with E-state index in [0.29, 0.717) is 11.4 Å². The van der Waals surface area contributed by atoms with Crippen molar-refractivity contribution in [3.05, 3.63) is 53.1 Å². The molecule has 2 N–H and O–H groups in total. The van der Waals surface area contributed by atoms with Gasteiger partial charge in [-0.3, -0.25) is 9.59 Å². The normalized spacial score (nSPS) is 15.9. The summed E-state index contributed by atoms with van der Waals surface area (Å²) in [6, 6.07) is 10.0. The molecule has 0 saturated heterocycles. The highest BCUT2D eigenvalue weighted by Gasteiger charge is 2.35. The van der Waals surface area contributed by atoms with Crippen molar-refractivity contribution >= 4 is 34.8 Å². The Kier molecular flexibility index (Phi) is 5.88. The second kappa shape index (κ2) is 8.20. The maximum absolute atomic E-state index is 13.2. The fraction of sp³-hybridized carbons (Fsp3) is 0.263. The maximum Gasteiger partial charge on any atom is 0.418 e. The Bertz CT molecular complexity index is 936. The molecule has 2 aromatic rings. The Morgan fingerprint density at radius 3 is 2.62 bits per heavy atom. The van der Waals surface area contributed by atoms with Crippen molar-refractivity contribution in [2.24, 2.45) is 0 Å². The first-order valence-electron chi connectivity index (χ1n) is 8.58. The molecule has 0 spiro atoms. The molecule has 2 amide bonds. The van der Waals surface area contributed by atoms with E-state index >= 15 is 0 Å². The zero-order valence-corrected chi connectivity index (χ0v) is 16.0. The minimum Gasteiger partial charge on any atom is -0.477 e. The predicted molar refractivity (Wildman–Crippen MR) is 102 cm³/mol. The zero-order valence-electron chi connectivity index (χ0n) is 15.2. The van der Waals surface area contributed by atoms with Crippen molar-refractivity contribution in [3.63, 3.8) is 0 Å². The van der Waals surface area contributed by atoms with Crippen molar-refractivity contribution in [1.29, 1.82) is 0 Å². The smallest absolute Gasteiger partial charge is 0.418 e. The number of nitrogens with one attached hydrogen (secondary N) is 2. The van der Waals surface area contributed by atoms with Crippen molar-refractivity contribution in [1.82, 2.24) is 5.32 Å². The van der Waals surface area contributed by atoms with Gasteiger partial charge in [-0.15, -0.1) is 0 Å². The van der Waals surface area contributed by atoms with E-state index in [4.69, 9.17) is 16.3 Å². The van der Waals surface area contributed by atoms with E-state index in [9.17, 15) is 22.8 Å². The summed E-state index contributed by atoms with van der Waals surface area (Å²) in [7, 11) is 1.46. The van der Waals surface area contributed by atoms with Gasteiger partial charge in [0.1, 0.15) is 5.75 Å². The van der Waals surface area contributed by atoms with Crippen LogP contribution in [0.25, 0.3) is 0 Å².